The summed E-state index contributed by atoms with van der Waals surface area (Å²) < 4.78 is 18.5. The standard InChI is InChI=1S/2C20H28N6O/c1-20(2,3)18-13-19(21)26(23-18)16-5-4-15-14-25(22-17(15)12-16)7-6-24-8-10-27-11-9-24;1-20(2,3)18-13-19(21)26(23-18)16-5-4-15-14-22-25(17(15)12-16)7-6-24-8-10-27-11-9-24/h2*4-5,12-14H,6-11,21H2,1-3H3. The van der Waals surface area contributed by atoms with Crippen molar-refractivity contribution in [2.24, 2.45) is 0 Å². The zero-order valence-electron chi connectivity index (χ0n) is 32.7. The molecule has 4 N–H and O–H groups in total. The van der Waals surface area contributed by atoms with Crippen molar-refractivity contribution in [2.75, 3.05) is 77.2 Å². The number of hydrogen-bond acceptors (Lipinski definition) is 10. The number of fused-ring (bicyclic) bond motifs is 2. The van der Waals surface area contributed by atoms with Crippen molar-refractivity contribution in [3.8, 4) is 11.4 Å². The van der Waals surface area contributed by atoms with Crippen molar-refractivity contribution in [1.82, 2.24) is 48.9 Å². The Morgan fingerprint density at radius 2 is 1.13 bits per heavy atom. The summed E-state index contributed by atoms with van der Waals surface area (Å²) in [5, 5.41) is 21.0. The van der Waals surface area contributed by atoms with Crippen LogP contribution in [0.1, 0.15) is 52.9 Å². The van der Waals surface area contributed by atoms with Crippen LogP contribution in [0.2, 0.25) is 0 Å². The molecule has 0 atom stereocenters. The molecule has 2 saturated heterocycles. The highest BCUT2D eigenvalue weighted by molar-refractivity contribution is 5.81. The first-order chi connectivity index (χ1) is 25.8. The van der Waals surface area contributed by atoms with Crippen LogP contribution in [0.5, 0.6) is 0 Å². The van der Waals surface area contributed by atoms with Gasteiger partial charge in [0.25, 0.3) is 0 Å². The first-order valence-corrected chi connectivity index (χ1v) is 19.1. The molecule has 14 nitrogen and oxygen atoms in total. The number of anilines is 2. The molecule has 0 spiro atoms. The van der Waals surface area contributed by atoms with E-state index in [0.717, 1.165) is 123 Å². The largest absolute Gasteiger partial charge is 0.384 e. The molecule has 0 bridgehead atoms. The number of nitrogens with zero attached hydrogens (tertiary/aromatic N) is 10. The van der Waals surface area contributed by atoms with Gasteiger partial charge in [-0.2, -0.15) is 20.4 Å². The average Bonchev–Trinajstić information content (AvgIpc) is 3.95. The van der Waals surface area contributed by atoms with Crippen LogP contribution in [-0.4, -0.2) is 115 Å². The number of hydrogen-bond donors (Lipinski definition) is 2. The second-order valence-corrected chi connectivity index (χ2v) is 16.4. The molecule has 0 aliphatic carbocycles. The monoisotopic (exact) mass is 736 g/mol. The minimum Gasteiger partial charge on any atom is -0.384 e. The quantitative estimate of drug-likeness (QED) is 0.222. The molecule has 14 heteroatoms. The maximum absolute atomic E-state index is 6.24. The van der Waals surface area contributed by atoms with E-state index in [2.05, 4.69) is 91.6 Å². The summed E-state index contributed by atoms with van der Waals surface area (Å²) in [5.41, 5.74) is 18.3. The lowest BCUT2D eigenvalue weighted by atomic mass is 9.92. The Labute approximate surface area is 317 Å². The van der Waals surface area contributed by atoms with Crippen LogP contribution in [-0.2, 0) is 33.4 Å². The van der Waals surface area contributed by atoms with Gasteiger partial charge in [-0.3, -0.25) is 19.2 Å². The van der Waals surface area contributed by atoms with E-state index in [-0.39, 0.29) is 10.8 Å². The van der Waals surface area contributed by atoms with Crippen LogP contribution < -0.4 is 11.5 Å². The molecule has 288 valence electrons. The third-order valence-corrected chi connectivity index (χ3v) is 10.1. The molecular formula is C40H56N12O2. The van der Waals surface area contributed by atoms with E-state index in [1.54, 1.807) is 4.68 Å². The van der Waals surface area contributed by atoms with Gasteiger partial charge in [-0.1, -0.05) is 41.5 Å². The van der Waals surface area contributed by atoms with Crippen LogP contribution >= 0.6 is 0 Å². The molecule has 2 aromatic carbocycles. The number of nitrogen functional groups attached to an aromatic ring is 2. The van der Waals surface area contributed by atoms with Gasteiger partial charge in [0, 0.05) is 79.2 Å². The molecule has 0 saturated carbocycles. The Morgan fingerprint density at radius 1 is 0.611 bits per heavy atom. The van der Waals surface area contributed by atoms with E-state index in [9.17, 15) is 0 Å². The molecular weight excluding hydrogens is 681 g/mol. The molecule has 6 heterocycles. The summed E-state index contributed by atoms with van der Waals surface area (Å²) in [4.78, 5) is 4.84. The average molecular weight is 737 g/mol. The molecule has 2 aliphatic rings. The Kier molecular flexibility index (Phi) is 10.8. The van der Waals surface area contributed by atoms with E-state index >= 15 is 0 Å². The normalized spacial score (nSPS) is 16.3. The maximum Gasteiger partial charge on any atom is 0.127 e. The number of rotatable bonds is 8. The van der Waals surface area contributed by atoms with Gasteiger partial charge in [0.05, 0.1) is 79.5 Å². The van der Waals surface area contributed by atoms with Crippen molar-refractivity contribution in [1.29, 1.82) is 0 Å². The number of ether oxygens (including phenoxy) is 2. The molecule has 0 amide bonds. The number of benzene rings is 2. The molecule has 2 aliphatic heterocycles. The zero-order valence-corrected chi connectivity index (χ0v) is 32.7. The molecule has 0 radical (unpaired) electrons. The number of aromatic nitrogens is 8. The molecule has 0 unspecified atom stereocenters. The third-order valence-electron chi connectivity index (χ3n) is 10.1. The fraction of sp³-hybridized carbons (Fsp3) is 0.500. The summed E-state index contributed by atoms with van der Waals surface area (Å²) in [6.45, 7) is 23.8. The Morgan fingerprint density at radius 3 is 1.67 bits per heavy atom. The van der Waals surface area contributed by atoms with Crippen molar-refractivity contribution in [3.05, 3.63) is 72.3 Å². The second kappa shape index (κ2) is 15.5. The van der Waals surface area contributed by atoms with Gasteiger partial charge in [0.2, 0.25) is 0 Å². The molecule has 8 rings (SSSR count). The van der Waals surface area contributed by atoms with Gasteiger partial charge in [0.15, 0.2) is 0 Å². The Balaban J connectivity index is 0.000000167. The van der Waals surface area contributed by atoms with Gasteiger partial charge in [0.1, 0.15) is 11.6 Å². The van der Waals surface area contributed by atoms with Crippen molar-refractivity contribution < 1.29 is 9.47 Å². The Bertz CT molecular complexity index is 2160. The second-order valence-electron chi connectivity index (χ2n) is 16.4. The van der Waals surface area contributed by atoms with E-state index in [4.69, 9.17) is 36.2 Å². The van der Waals surface area contributed by atoms with Crippen LogP contribution in [0.4, 0.5) is 11.6 Å². The lowest BCUT2D eigenvalue weighted by Crippen LogP contribution is -2.38. The van der Waals surface area contributed by atoms with Crippen molar-refractivity contribution >= 4 is 33.4 Å². The van der Waals surface area contributed by atoms with Crippen LogP contribution in [0.3, 0.4) is 0 Å². The van der Waals surface area contributed by atoms with Gasteiger partial charge in [-0.25, -0.2) is 9.36 Å². The fourth-order valence-electron chi connectivity index (χ4n) is 6.74. The molecule has 4 aromatic heterocycles. The lowest BCUT2D eigenvalue weighted by molar-refractivity contribution is 0.0360. The summed E-state index contributed by atoms with van der Waals surface area (Å²) in [5.74, 6) is 1.30. The fourth-order valence-corrected chi connectivity index (χ4v) is 6.74. The van der Waals surface area contributed by atoms with Gasteiger partial charge in [-0.05, 0) is 36.4 Å². The summed E-state index contributed by atoms with van der Waals surface area (Å²) >= 11 is 0. The maximum atomic E-state index is 6.24. The third kappa shape index (κ3) is 8.62. The van der Waals surface area contributed by atoms with E-state index in [1.165, 1.54) is 0 Å². The summed E-state index contributed by atoms with van der Waals surface area (Å²) in [6, 6.07) is 16.3. The van der Waals surface area contributed by atoms with E-state index in [1.807, 2.05) is 39.8 Å². The zero-order chi connectivity index (χ0) is 38.0. The highest BCUT2D eigenvalue weighted by Gasteiger charge is 2.21. The van der Waals surface area contributed by atoms with Gasteiger partial charge >= 0.3 is 0 Å². The van der Waals surface area contributed by atoms with E-state index in [0.29, 0.717) is 11.6 Å². The first kappa shape index (κ1) is 37.6. The highest BCUT2D eigenvalue weighted by atomic mass is 16.5. The number of nitrogens with two attached hydrogens (primary N) is 2. The summed E-state index contributed by atoms with van der Waals surface area (Å²) in [6.07, 6.45) is 4.03. The SMILES string of the molecule is CC(C)(C)c1cc(N)n(-c2ccc3cn(CCN4CCOCC4)nc3c2)n1.CC(C)(C)c1cc(N)n(-c2ccc3cnn(CCN4CCOCC4)c3c2)n1. The minimum atomic E-state index is -0.0383. The van der Waals surface area contributed by atoms with Gasteiger partial charge < -0.3 is 20.9 Å². The first-order valence-electron chi connectivity index (χ1n) is 19.1. The molecule has 54 heavy (non-hydrogen) atoms. The minimum absolute atomic E-state index is 0.0372. The number of morpholine rings is 2. The van der Waals surface area contributed by atoms with Gasteiger partial charge in [-0.15, -0.1) is 0 Å². The van der Waals surface area contributed by atoms with Crippen molar-refractivity contribution in [2.45, 2.75) is 65.5 Å². The lowest BCUT2D eigenvalue weighted by Gasteiger charge is -2.26. The summed E-state index contributed by atoms with van der Waals surface area (Å²) in [7, 11) is 0. The molecule has 2 fully saturated rings. The predicted octanol–water partition coefficient (Wildman–Crippen LogP) is 4.87. The van der Waals surface area contributed by atoms with Crippen LogP contribution in [0.25, 0.3) is 33.2 Å². The predicted molar refractivity (Wildman–Crippen MR) is 214 cm³/mol. The topological polar surface area (TPSA) is 148 Å². The van der Waals surface area contributed by atoms with E-state index < -0.39 is 0 Å². The van der Waals surface area contributed by atoms with Crippen molar-refractivity contribution in [3.63, 3.8) is 0 Å². The Hall–Kier alpha value is -4.76. The highest BCUT2D eigenvalue weighted by Crippen LogP contribution is 2.28. The smallest absolute Gasteiger partial charge is 0.127 e. The molecule has 6 aromatic rings. The van der Waals surface area contributed by atoms with Crippen LogP contribution in [0.15, 0.2) is 60.9 Å². The van der Waals surface area contributed by atoms with Crippen LogP contribution in [0, 0.1) is 0 Å².